The van der Waals surface area contributed by atoms with Gasteiger partial charge in [-0.1, -0.05) is 32.0 Å². The number of hydrogen-bond donors (Lipinski definition) is 3. The molecule has 0 aliphatic carbocycles. The highest BCUT2D eigenvalue weighted by atomic mass is 16.2. The average molecular weight is 313 g/mol. The monoisotopic (exact) mass is 313 g/mol. The third kappa shape index (κ3) is 3.29. The molecule has 1 amide bonds. The minimum atomic E-state index is -0.409. The molecule has 2 heterocycles. The second-order valence-electron chi connectivity index (χ2n) is 6.65. The van der Waals surface area contributed by atoms with E-state index in [1.165, 1.54) is 10.9 Å². The number of para-hydroxylation sites is 1. The molecule has 5 nitrogen and oxygen atoms in total. The predicted molar refractivity (Wildman–Crippen MR) is 90.1 cm³/mol. The third-order valence-corrected chi connectivity index (χ3v) is 4.37. The molecule has 0 saturated carbocycles. The van der Waals surface area contributed by atoms with Crippen molar-refractivity contribution in [1.29, 1.82) is 0 Å². The summed E-state index contributed by atoms with van der Waals surface area (Å²) in [5, 5.41) is 7.30. The molecule has 23 heavy (non-hydrogen) atoms. The summed E-state index contributed by atoms with van der Waals surface area (Å²) in [5.74, 6) is 0.267. The number of hydrogen-bond acceptors (Lipinski definition) is 3. The molecule has 0 unspecified atom stereocenters. The Bertz CT molecular complexity index is 720. The lowest BCUT2D eigenvalue weighted by atomic mass is 9.97. The van der Waals surface area contributed by atoms with E-state index in [9.17, 15) is 9.59 Å². The summed E-state index contributed by atoms with van der Waals surface area (Å²) >= 11 is 0. The van der Waals surface area contributed by atoms with Gasteiger partial charge in [0.15, 0.2) is 0 Å². The minimum Gasteiger partial charge on any atom is -0.357 e. The van der Waals surface area contributed by atoms with Crippen molar-refractivity contribution in [1.82, 2.24) is 15.6 Å². The summed E-state index contributed by atoms with van der Waals surface area (Å²) in [4.78, 5) is 27.0. The van der Waals surface area contributed by atoms with E-state index < -0.39 is 6.04 Å². The molecule has 122 valence electrons. The Balaban J connectivity index is 1.73. The molecule has 1 aliphatic rings. The van der Waals surface area contributed by atoms with Gasteiger partial charge in [0, 0.05) is 23.1 Å². The van der Waals surface area contributed by atoms with E-state index in [1.54, 1.807) is 0 Å². The van der Waals surface area contributed by atoms with Crippen LogP contribution in [0.4, 0.5) is 0 Å². The standard InChI is InChI=1S/C18H23N3O2/c1-11(2)7-12(10-22)20-18(23)16-8-14-13-5-3-4-6-15(13)21-17(14)9-19-16/h3-6,10-12,16,19,21H,7-9H2,1-2H3,(H,20,23)/t12-,16+/m0/s1. The van der Waals surface area contributed by atoms with Gasteiger partial charge < -0.3 is 15.1 Å². The Labute approximate surface area is 135 Å². The molecule has 3 N–H and O–H groups in total. The fourth-order valence-corrected chi connectivity index (χ4v) is 3.27. The summed E-state index contributed by atoms with van der Waals surface area (Å²) in [7, 11) is 0. The van der Waals surface area contributed by atoms with Gasteiger partial charge in [-0.2, -0.15) is 0 Å². The molecule has 0 spiro atoms. The number of aromatic nitrogens is 1. The number of rotatable bonds is 5. The minimum absolute atomic E-state index is 0.0984. The predicted octanol–water partition coefficient (Wildman–Crippen LogP) is 1.91. The lowest BCUT2D eigenvalue weighted by Gasteiger charge is -2.25. The number of H-pyrrole nitrogens is 1. The zero-order chi connectivity index (χ0) is 16.4. The smallest absolute Gasteiger partial charge is 0.238 e. The van der Waals surface area contributed by atoms with Crippen LogP contribution in [0.2, 0.25) is 0 Å². The lowest BCUT2D eigenvalue weighted by Crippen LogP contribution is -2.51. The van der Waals surface area contributed by atoms with Gasteiger partial charge in [0.25, 0.3) is 0 Å². The molecule has 0 fully saturated rings. The van der Waals surface area contributed by atoms with Crippen molar-refractivity contribution in [3.8, 4) is 0 Å². The van der Waals surface area contributed by atoms with Gasteiger partial charge in [0.2, 0.25) is 5.91 Å². The Kier molecular flexibility index (Phi) is 4.48. The molecule has 2 atom stereocenters. The molecular formula is C18H23N3O2. The number of aldehydes is 1. The molecule has 2 aromatic rings. The zero-order valence-corrected chi connectivity index (χ0v) is 13.6. The highest BCUT2D eigenvalue weighted by molar-refractivity contribution is 5.89. The average Bonchev–Trinajstić information content (AvgIpc) is 2.91. The van der Waals surface area contributed by atoms with Gasteiger partial charge in [-0.25, -0.2) is 0 Å². The fourth-order valence-electron chi connectivity index (χ4n) is 3.27. The van der Waals surface area contributed by atoms with Crippen LogP contribution in [-0.2, 0) is 22.6 Å². The first-order valence-corrected chi connectivity index (χ1v) is 8.16. The second kappa shape index (κ2) is 6.54. The van der Waals surface area contributed by atoms with Crippen molar-refractivity contribution in [2.45, 2.75) is 45.3 Å². The largest absolute Gasteiger partial charge is 0.357 e. The van der Waals surface area contributed by atoms with Crippen LogP contribution >= 0.6 is 0 Å². The van der Waals surface area contributed by atoms with Crippen LogP contribution in [0.25, 0.3) is 10.9 Å². The van der Waals surface area contributed by atoms with Gasteiger partial charge in [-0.3, -0.25) is 10.1 Å². The molecule has 3 rings (SSSR count). The van der Waals surface area contributed by atoms with E-state index in [4.69, 9.17) is 0 Å². The van der Waals surface area contributed by atoms with Crippen molar-refractivity contribution in [3.63, 3.8) is 0 Å². The zero-order valence-electron chi connectivity index (χ0n) is 13.6. The van der Waals surface area contributed by atoms with Crippen molar-refractivity contribution in [2.24, 2.45) is 5.92 Å². The van der Waals surface area contributed by atoms with Crippen LogP contribution in [0.5, 0.6) is 0 Å². The Hall–Kier alpha value is -2.14. The summed E-state index contributed by atoms with van der Waals surface area (Å²) in [6, 6.07) is 7.44. The lowest BCUT2D eigenvalue weighted by molar-refractivity contribution is -0.126. The summed E-state index contributed by atoms with van der Waals surface area (Å²) in [6.07, 6.45) is 2.14. The molecular weight excluding hydrogens is 290 g/mol. The van der Waals surface area contributed by atoms with Crippen molar-refractivity contribution < 1.29 is 9.59 Å². The van der Waals surface area contributed by atoms with E-state index in [0.717, 1.165) is 17.5 Å². The van der Waals surface area contributed by atoms with Crippen LogP contribution in [0, 0.1) is 5.92 Å². The number of carbonyl (C=O) groups is 2. The fraction of sp³-hybridized carbons (Fsp3) is 0.444. The van der Waals surface area contributed by atoms with Crippen LogP contribution < -0.4 is 10.6 Å². The summed E-state index contributed by atoms with van der Waals surface area (Å²) in [5.41, 5.74) is 3.45. The van der Waals surface area contributed by atoms with E-state index in [-0.39, 0.29) is 11.9 Å². The number of amides is 1. The van der Waals surface area contributed by atoms with Gasteiger partial charge in [-0.15, -0.1) is 0 Å². The van der Waals surface area contributed by atoms with Gasteiger partial charge >= 0.3 is 0 Å². The van der Waals surface area contributed by atoms with Gasteiger partial charge in [0.1, 0.15) is 6.29 Å². The molecule has 0 bridgehead atoms. The maximum Gasteiger partial charge on any atom is 0.238 e. The van der Waals surface area contributed by atoms with E-state index in [0.29, 0.717) is 25.3 Å². The first-order chi connectivity index (χ1) is 11.1. The normalized spacial score (nSPS) is 18.7. The van der Waals surface area contributed by atoms with Crippen LogP contribution in [-0.4, -0.2) is 29.3 Å². The Morgan fingerprint density at radius 1 is 1.39 bits per heavy atom. The van der Waals surface area contributed by atoms with E-state index >= 15 is 0 Å². The number of fused-ring (bicyclic) bond motifs is 3. The quantitative estimate of drug-likeness (QED) is 0.738. The molecule has 1 aliphatic heterocycles. The number of carbonyl (C=O) groups excluding carboxylic acids is 2. The third-order valence-electron chi connectivity index (χ3n) is 4.37. The highest BCUT2D eigenvalue weighted by Gasteiger charge is 2.28. The Morgan fingerprint density at radius 3 is 2.91 bits per heavy atom. The number of benzene rings is 1. The first kappa shape index (κ1) is 15.7. The molecule has 1 aromatic heterocycles. The molecule has 5 heteroatoms. The summed E-state index contributed by atoms with van der Waals surface area (Å²) in [6.45, 7) is 4.72. The molecule has 1 aromatic carbocycles. The van der Waals surface area contributed by atoms with E-state index in [1.807, 2.05) is 32.0 Å². The topological polar surface area (TPSA) is 74.0 Å². The number of nitrogens with one attached hydrogen (secondary N) is 3. The number of aromatic amines is 1. The first-order valence-electron chi connectivity index (χ1n) is 8.16. The SMILES string of the molecule is CC(C)C[C@@H](C=O)NC(=O)[C@H]1Cc2c([nH]c3ccccc23)CN1. The van der Waals surface area contributed by atoms with Crippen molar-refractivity contribution in [3.05, 3.63) is 35.5 Å². The highest BCUT2D eigenvalue weighted by Crippen LogP contribution is 2.26. The summed E-state index contributed by atoms with van der Waals surface area (Å²) < 4.78 is 0. The molecule has 0 radical (unpaired) electrons. The Morgan fingerprint density at radius 2 is 2.17 bits per heavy atom. The van der Waals surface area contributed by atoms with Crippen molar-refractivity contribution in [2.75, 3.05) is 0 Å². The van der Waals surface area contributed by atoms with Gasteiger partial charge in [-0.05, 0) is 30.4 Å². The maximum absolute atomic E-state index is 12.5. The van der Waals surface area contributed by atoms with Crippen LogP contribution in [0.15, 0.2) is 24.3 Å². The van der Waals surface area contributed by atoms with Crippen LogP contribution in [0.3, 0.4) is 0 Å². The van der Waals surface area contributed by atoms with Crippen LogP contribution in [0.1, 0.15) is 31.5 Å². The second-order valence-corrected chi connectivity index (χ2v) is 6.65. The maximum atomic E-state index is 12.5. The van der Waals surface area contributed by atoms with Gasteiger partial charge in [0.05, 0.1) is 12.1 Å². The van der Waals surface area contributed by atoms with Crippen molar-refractivity contribution >= 4 is 23.1 Å². The van der Waals surface area contributed by atoms with E-state index in [2.05, 4.69) is 21.7 Å². The molecule has 0 saturated heterocycles.